The van der Waals surface area contributed by atoms with Crippen molar-refractivity contribution in [3.05, 3.63) is 72.1 Å². The molecule has 0 saturated heterocycles. The second-order valence-corrected chi connectivity index (χ2v) is 7.17. The molecular formula is C23H22FN5O3. The largest absolute Gasteiger partial charge is 0.497 e. The van der Waals surface area contributed by atoms with Crippen molar-refractivity contribution in [3.8, 4) is 22.8 Å². The van der Waals surface area contributed by atoms with Gasteiger partial charge < -0.3 is 14.8 Å². The van der Waals surface area contributed by atoms with E-state index in [0.29, 0.717) is 39.8 Å². The van der Waals surface area contributed by atoms with E-state index >= 15 is 0 Å². The summed E-state index contributed by atoms with van der Waals surface area (Å²) in [6.45, 7) is 1.79. The minimum Gasteiger partial charge on any atom is -0.497 e. The predicted octanol–water partition coefficient (Wildman–Crippen LogP) is 3.37. The van der Waals surface area contributed by atoms with E-state index in [2.05, 4.69) is 20.4 Å². The van der Waals surface area contributed by atoms with Crippen LogP contribution in [0.5, 0.6) is 11.5 Å². The molecule has 164 valence electrons. The summed E-state index contributed by atoms with van der Waals surface area (Å²) >= 11 is 0. The quantitative estimate of drug-likeness (QED) is 0.479. The van der Waals surface area contributed by atoms with E-state index < -0.39 is 6.04 Å². The van der Waals surface area contributed by atoms with Gasteiger partial charge in [0.25, 0.3) is 0 Å². The number of benzene rings is 2. The number of carbonyl (C=O) groups is 1. The fourth-order valence-corrected chi connectivity index (χ4v) is 3.36. The van der Waals surface area contributed by atoms with Crippen LogP contribution in [0.1, 0.15) is 24.4 Å². The number of amides is 1. The van der Waals surface area contributed by atoms with Crippen LogP contribution >= 0.6 is 0 Å². The van der Waals surface area contributed by atoms with Crippen LogP contribution in [0.25, 0.3) is 16.9 Å². The highest BCUT2D eigenvalue weighted by Crippen LogP contribution is 2.25. The third-order valence-electron chi connectivity index (χ3n) is 5.00. The van der Waals surface area contributed by atoms with Gasteiger partial charge in [-0.2, -0.15) is 0 Å². The van der Waals surface area contributed by atoms with Gasteiger partial charge in [-0.3, -0.25) is 4.79 Å². The van der Waals surface area contributed by atoms with E-state index in [-0.39, 0.29) is 18.1 Å². The highest BCUT2D eigenvalue weighted by atomic mass is 19.1. The number of hydrogen-bond donors (Lipinski definition) is 1. The molecule has 0 saturated carbocycles. The molecule has 8 nitrogen and oxygen atoms in total. The van der Waals surface area contributed by atoms with E-state index in [4.69, 9.17) is 9.47 Å². The normalized spacial score (nSPS) is 11.9. The lowest BCUT2D eigenvalue weighted by atomic mass is 10.1. The number of methoxy groups -OCH3 is 2. The number of fused-ring (bicyclic) bond motifs is 1. The Kier molecular flexibility index (Phi) is 5.98. The van der Waals surface area contributed by atoms with Gasteiger partial charge in [0, 0.05) is 17.2 Å². The summed E-state index contributed by atoms with van der Waals surface area (Å²) in [5.41, 5.74) is 2.05. The summed E-state index contributed by atoms with van der Waals surface area (Å²) in [6, 6.07) is 12.9. The molecule has 0 spiro atoms. The highest BCUT2D eigenvalue weighted by Gasteiger charge is 2.18. The third-order valence-corrected chi connectivity index (χ3v) is 5.00. The van der Waals surface area contributed by atoms with Crippen LogP contribution in [0.3, 0.4) is 0 Å². The molecule has 4 aromatic rings. The average Bonchev–Trinajstić information content (AvgIpc) is 3.23. The van der Waals surface area contributed by atoms with Crippen LogP contribution in [0, 0.1) is 5.82 Å². The lowest BCUT2D eigenvalue weighted by Gasteiger charge is -2.13. The summed E-state index contributed by atoms with van der Waals surface area (Å²) in [4.78, 5) is 21.4. The Morgan fingerprint density at radius 2 is 1.97 bits per heavy atom. The molecule has 1 amide bonds. The maximum atomic E-state index is 14.1. The Balaban J connectivity index is 1.51. The number of nitrogens with zero attached hydrogens (tertiary/aromatic N) is 4. The van der Waals surface area contributed by atoms with Crippen LogP contribution < -0.4 is 14.8 Å². The zero-order chi connectivity index (χ0) is 22.7. The third kappa shape index (κ3) is 4.36. The van der Waals surface area contributed by atoms with Crippen molar-refractivity contribution in [1.82, 2.24) is 24.9 Å². The SMILES string of the molecule is COc1ccc(OC)c(CC(=O)N[C@@H](C)c2nc3cc(-c4ccccc4F)ncn3n2)c1. The minimum atomic E-state index is -0.448. The Bertz CT molecular complexity index is 1270. The van der Waals surface area contributed by atoms with Gasteiger partial charge in [-0.15, -0.1) is 5.10 Å². The van der Waals surface area contributed by atoms with Crippen molar-refractivity contribution in [2.75, 3.05) is 14.2 Å². The molecule has 9 heteroatoms. The predicted molar refractivity (Wildman–Crippen MR) is 116 cm³/mol. The molecular weight excluding hydrogens is 413 g/mol. The minimum absolute atomic E-state index is 0.108. The number of ether oxygens (including phenoxy) is 2. The lowest BCUT2D eigenvalue weighted by molar-refractivity contribution is -0.121. The first kappa shape index (κ1) is 21.2. The smallest absolute Gasteiger partial charge is 0.225 e. The first-order valence-electron chi connectivity index (χ1n) is 9.96. The second-order valence-electron chi connectivity index (χ2n) is 7.17. The Labute approximate surface area is 184 Å². The van der Waals surface area contributed by atoms with Crippen LogP contribution in [0.4, 0.5) is 4.39 Å². The summed E-state index contributed by atoms with van der Waals surface area (Å²) in [7, 11) is 3.12. The molecule has 0 unspecified atom stereocenters. The Hall–Kier alpha value is -4.01. The zero-order valence-corrected chi connectivity index (χ0v) is 17.9. The van der Waals surface area contributed by atoms with Crippen LogP contribution in [0.15, 0.2) is 54.9 Å². The van der Waals surface area contributed by atoms with Crippen molar-refractivity contribution in [1.29, 1.82) is 0 Å². The molecule has 2 aromatic heterocycles. The fourth-order valence-electron chi connectivity index (χ4n) is 3.36. The molecule has 0 aliphatic carbocycles. The molecule has 4 rings (SSSR count). The molecule has 0 aliphatic heterocycles. The molecule has 0 fully saturated rings. The van der Waals surface area contributed by atoms with Gasteiger partial charge in [0.05, 0.1) is 32.4 Å². The van der Waals surface area contributed by atoms with E-state index in [9.17, 15) is 9.18 Å². The number of rotatable bonds is 7. The molecule has 0 radical (unpaired) electrons. The van der Waals surface area contributed by atoms with Gasteiger partial charge in [-0.25, -0.2) is 18.9 Å². The van der Waals surface area contributed by atoms with E-state index in [1.54, 1.807) is 63.6 Å². The van der Waals surface area contributed by atoms with E-state index in [0.717, 1.165) is 0 Å². The topological polar surface area (TPSA) is 90.6 Å². The van der Waals surface area contributed by atoms with Gasteiger partial charge in [-0.1, -0.05) is 12.1 Å². The summed E-state index contributed by atoms with van der Waals surface area (Å²) in [5, 5.41) is 7.28. The van der Waals surface area contributed by atoms with E-state index in [1.165, 1.54) is 16.9 Å². The van der Waals surface area contributed by atoms with Crippen molar-refractivity contribution in [2.24, 2.45) is 0 Å². The molecule has 2 heterocycles. The monoisotopic (exact) mass is 435 g/mol. The van der Waals surface area contributed by atoms with Gasteiger partial charge >= 0.3 is 0 Å². The second kappa shape index (κ2) is 9.01. The average molecular weight is 435 g/mol. The van der Waals surface area contributed by atoms with Crippen LogP contribution in [0.2, 0.25) is 0 Å². The zero-order valence-electron chi connectivity index (χ0n) is 17.9. The van der Waals surface area contributed by atoms with Gasteiger partial charge in [-0.05, 0) is 37.3 Å². The van der Waals surface area contributed by atoms with E-state index in [1.807, 2.05) is 0 Å². The lowest BCUT2D eigenvalue weighted by Crippen LogP contribution is -2.29. The summed E-state index contributed by atoms with van der Waals surface area (Å²) in [6.07, 6.45) is 1.58. The maximum Gasteiger partial charge on any atom is 0.225 e. The first-order chi connectivity index (χ1) is 15.5. The number of nitrogens with one attached hydrogen (secondary N) is 1. The van der Waals surface area contributed by atoms with Gasteiger partial charge in [0.15, 0.2) is 11.5 Å². The summed E-state index contributed by atoms with van der Waals surface area (Å²) in [5.74, 6) is 1.09. The van der Waals surface area contributed by atoms with Crippen molar-refractivity contribution in [2.45, 2.75) is 19.4 Å². The molecule has 32 heavy (non-hydrogen) atoms. The van der Waals surface area contributed by atoms with Crippen LogP contribution in [-0.4, -0.2) is 39.7 Å². The molecule has 0 bridgehead atoms. The Morgan fingerprint density at radius 1 is 1.16 bits per heavy atom. The van der Waals surface area contributed by atoms with Crippen molar-refractivity contribution < 1.29 is 18.7 Å². The highest BCUT2D eigenvalue weighted by molar-refractivity contribution is 5.80. The van der Waals surface area contributed by atoms with Gasteiger partial charge in [0.1, 0.15) is 23.6 Å². The fraction of sp³-hybridized carbons (Fsp3) is 0.217. The van der Waals surface area contributed by atoms with Crippen molar-refractivity contribution in [3.63, 3.8) is 0 Å². The summed E-state index contributed by atoms with van der Waals surface area (Å²) < 4.78 is 26.1. The Morgan fingerprint density at radius 3 is 2.72 bits per heavy atom. The maximum absolute atomic E-state index is 14.1. The number of hydrogen-bond acceptors (Lipinski definition) is 6. The van der Waals surface area contributed by atoms with Crippen LogP contribution in [-0.2, 0) is 11.2 Å². The molecule has 1 atom stereocenters. The standard InChI is InChI=1S/C23H22FN5O3/c1-14(26-22(30)11-15-10-16(31-2)8-9-20(15)32-3)23-27-21-12-19(25-13-29(21)28-23)17-6-4-5-7-18(17)24/h4-10,12-14H,11H2,1-3H3,(H,26,30)/t14-/m0/s1. The molecule has 2 aromatic carbocycles. The van der Waals surface area contributed by atoms with Gasteiger partial charge in [0.2, 0.25) is 5.91 Å². The molecule has 1 N–H and O–H groups in total. The first-order valence-corrected chi connectivity index (χ1v) is 9.96. The number of carbonyl (C=O) groups excluding carboxylic acids is 1. The molecule has 0 aliphatic rings. The number of halogens is 1. The number of aromatic nitrogens is 4. The van der Waals surface area contributed by atoms with Crippen molar-refractivity contribution >= 4 is 11.6 Å².